The molecule has 1 N–H and O–H groups in total. The molecular formula is C15H16N2OS. The minimum Gasteiger partial charge on any atom is -0.349 e. The Balaban J connectivity index is 1.82. The SMILES string of the molecule is C[C@H](NC(=O)CSc1ccncc1)c1ccccc1. The van der Waals surface area contributed by atoms with Crippen LogP contribution in [-0.2, 0) is 4.79 Å². The van der Waals surface area contributed by atoms with Gasteiger partial charge in [0.2, 0.25) is 5.91 Å². The van der Waals surface area contributed by atoms with Crippen LogP contribution in [0.5, 0.6) is 0 Å². The maximum Gasteiger partial charge on any atom is 0.230 e. The summed E-state index contributed by atoms with van der Waals surface area (Å²) in [5.41, 5.74) is 1.12. The van der Waals surface area contributed by atoms with E-state index in [1.807, 2.05) is 49.4 Å². The van der Waals surface area contributed by atoms with Crippen molar-refractivity contribution in [3.8, 4) is 0 Å². The van der Waals surface area contributed by atoms with Gasteiger partial charge in [-0.05, 0) is 24.6 Å². The fourth-order valence-electron chi connectivity index (χ4n) is 1.69. The fourth-order valence-corrected chi connectivity index (χ4v) is 2.39. The van der Waals surface area contributed by atoms with Gasteiger partial charge in [-0.25, -0.2) is 0 Å². The molecule has 1 aromatic heterocycles. The van der Waals surface area contributed by atoms with Crippen molar-refractivity contribution in [1.29, 1.82) is 0 Å². The Bertz CT molecular complexity index is 516. The summed E-state index contributed by atoms with van der Waals surface area (Å²) in [6.45, 7) is 1.99. The van der Waals surface area contributed by atoms with Gasteiger partial charge in [-0.1, -0.05) is 30.3 Å². The van der Waals surface area contributed by atoms with Crippen LogP contribution >= 0.6 is 11.8 Å². The highest BCUT2D eigenvalue weighted by Gasteiger charge is 2.09. The largest absolute Gasteiger partial charge is 0.349 e. The molecule has 2 aromatic rings. The molecule has 0 saturated heterocycles. The number of nitrogens with zero attached hydrogens (tertiary/aromatic N) is 1. The number of hydrogen-bond donors (Lipinski definition) is 1. The van der Waals surface area contributed by atoms with Gasteiger partial charge in [0, 0.05) is 17.3 Å². The lowest BCUT2D eigenvalue weighted by atomic mass is 10.1. The first-order chi connectivity index (χ1) is 9.25. The number of carbonyl (C=O) groups excluding carboxylic acids is 1. The topological polar surface area (TPSA) is 42.0 Å². The number of pyridine rings is 1. The molecule has 0 aliphatic rings. The van der Waals surface area contributed by atoms with Crippen molar-refractivity contribution in [1.82, 2.24) is 10.3 Å². The standard InChI is InChI=1S/C15H16N2OS/c1-12(13-5-3-2-4-6-13)17-15(18)11-19-14-7-9-16-10-8-14/h2-10,12H,11H2,1H3,(H,17,18)/t12-/m0/s1. The van der Waals surface area contributed by atoms with Crippen LogP contribution in [0, 0.1) is 0 Å². The lowest BCUT2D eigenvalue weighted by Gasteiger charge is -2.14. The quantitative estimate of drug-likeness (QED) is 0.851. The molecule has 1 atom stereocenters. The first-order valence-electron chi connectivity index (χ1n) is 6.13. The van der Waals surface area contributed by atoms with Crippen molar-refractivity contribution in [2.45, 2.75) is 17.9 Å². The summed E-state index contributed by atoms with van der Waals surface area (Å²) in [7, 11) is 0. The summed E-state index contributed by atoms with van der Waals surface area (Å²) in [6.07, 6.45) is 3.46. The summed E-state index contributed by atoms with van der Waals surface area (Å²) < 4.78 is 0. The molecule has 0 aliphatic carbocycles. The Kier molecular flexibility index (Phi) is 4.98. The minimum atomic E-state index is 0.0340. The Morgan fingerprint density at radius 1 is 1.21 bits per heavy atom. The highest BCUT2D eigenvalue weighted by atomic mass is 32.2. The fraction of sp³-hybridized carbons (Fsp3) is 0.200. The Morgan fingerprint density at radius 3 is 2.58 bits per heavy atom. The zero-order valence-corrected chi connectivity index (χ0v) is 11.6. The van der Waals surface area contributed by atoms with Crippen LogP contribution in [0.25, 0.3) is 0 Å². The maximum atomic E-state index is 11.9. The van der Waals surface area contributed by atoms with Crippen molar-refractivity contribution in [3.05, 3.63) is 60.4 Å². The summed E-state index contributed by atoms with van der Waals surface area (Å²) in [5.74, 6) is 0.458. The number of carbonyl (C=O) groups is 1. The molecule has 19 heavy (non-hydrogen) atoms. The molecule has 0 fully saturated rings. The third kappa shape index (κ3) is 4.41. The van der Waals surface area contributed by atoms with E-state index in [2.05, 4.69) is 10.3 Å². The third-order valence-electron chi connectivity index (χ3n) is 2.70. The summed E-state index contributed by atoms with van der Waals surface area (Å²) in [5, 5.41) is 2.99. The second kappa shape index (κ2) is 6.95. The molecule has 1 amide bonds. The van der Waals surface area contributed by atoms with Gasteiger partial charge in [-0.3, -0.25) is 9.78 Å². The van der Waals surface area contributed by atoms with Crippen molar-refractivity contribution >= 4 is 17.7 Å². The average molecular weight is 272 g/mol. The number of benzene rings is 1. The lowest BCUT2D eigenvalue weighted by molar-refractivity contribution is -0.119. The van der Waals surface area contributed by atoms with Crippen molar-refractivity contribution in [3.63, 3.8) is 0 Å². The number of aromatic nitrogens is 1. The highest BCUT2D eigenvalue weighted by molar-refractivity contribution is 8.00. The number of hydrogen-bond acceptors (Lipinski definition) is 3. The normalized spacial score (nSPS) is 11.8. The van der Waals surface area contributed by atoms with Crippen LogP contribution in [0.2, 0.25) is 0 Å². The van der Waals surface area contributed by atoms with Crippen LogP contribution in [0.4, 0.5) is 0 Å². The lowest BCUT2D eigenvalue weighted by Crippen LogP contribution is -2.28. The smallest absolute Gasteiger partial charge is 0.230 e. The van der Waals surface area contributed by atoms with Crippen molar-refractivity contribution in [2.75, 3.05) is 5.75 Å². The van der Waals surface area contributed by atoms with Gasteiger partial charge in [0.1, 0.15) is 0 Å². The van der Waals surface area contributed by atoms with Gasteiger partial charge >= 0.3 is 0 Å². The van der Waals surface area contributed by atoms with Crippen molar-refractivity contribution < 1.29 is 4.79 Å². The van der Waals surface area contributed by atoms with Gasteiger partial charge in [0.25, 0.3) is 0 Å². The Labute approximate surface area is 117 Å². The zero-order valence-electron chi connectivity index (χ0n) is 10.7. The molecule has 1 aromatic carbocycles. The summed E-state index contributed by atoms with van der Waals surface area (Å²) in [6, 6.07) is 13.8. The molecule has 1 heterocycles. The van der Waals surface area contributed by atoms with Gasteiger partial charge < -0.3 is 5.32 Å². The minimum absolute atomic E-state index is 0.0340. The molecule has 0 aliphatic heterocycles. The van der Waals surface area contributed by atoms with E-state index in [0.717, 1.165) is 10.5 Å². The van der Waals surface area contributed by atoms with Gasteiger partial charge in [0.15, 0.2) is 0 Å². The number of nitrogens with one attached hydrogen (secondary N) is 1. The maximum absolute atomic E-state index is 11.9. The van der Waals surface area contributed by atoms with Crippen molar-refractivity contribution in [2.24, 2.45) is 0 Å². The Hall–Kier alpha value is -1.81. The van der Waals surface area contributed by atoms with E-state index in [1.165, 1.54) is 11.8 Å². The summed E-state index contributed by atoms with van der Waals surface area (Å²) in [4.78, 5) is 16.9. The molecule has 0 spiro atoms. The molecule has 0 bridgehead atoms. The first-order valence-corrected chi connectivity index (χ1v) is 7.11. The van der Waals surface area contributed by atoms with E-state index < -0.39 is 0 Å². The third-order valence-corrected chi connectivity index (χ3v) is 3.71. The Morgan fingerprint density at radius 2 is 1.89 bits per heavy atom. The first kappa shape index (κ1) is 13.6. The molecule has 0 saturated carbocycles. The monoisotopic (exact) mass is 272 g/mol. The van der Waals surface area contributed by atoms with E-state index in [9.17, 15) is 4.79 Å². The molecule has 3 nitrogen and oxygen atoms in total. The average Bonchev–Trinajstić information content (AvgIpc) is 2.47. The molecule has 4 heteroatoms. The van der Waals surface area contributed by atoms with E-state index in [4.69, 9.17) is 0 Å². The van der Waals surface area contributed by atoms with Crippen LogP contribution in [0.3, 0.4) is 0 Å². The predicted molar refractivity (Wildman–Crippen MR) is 78.0 cm³/mol. The van der Waals surface area contributed by atoms with Gasteiger partial charge in [-0.2, -0.15) is 0 Å². The van der Waals surface area contributed by atoms with Crippen LogP contribution < -0.4 is 5.32 Å². The van der Waals surface area contributed by atoms with Crippen LogP contribution in [0.15, 0.2) is 59.8 Å². The molecule has 0 radical (unpaired) electrons. The number of rotatable bonds is 5. The van der Waals surface area contributed by atoms with E-state index >= 15 is 0 Å². The molecule has 2 rings (SSSR count). The van der Waals surface area contributed by atoms with Gasteiger partial charge in [-0.15, -0.1) is 11.8 Å². The second-order valence-corrected chi connectivity index (χ2v) is 5.22. The number of amides is 1. The van der Waals surface area contributed by atoms with Crippen LogP contribution in [-0.4, -0.2) is 16.6 Å². The predicted octanol–water partition coefficient (Wildman–Crippen LogP) is 3.05. The van der Waals surface area contributed by atoms with E-state index in [-0.39, 0.29) is 11.9 Å². The second-order valence-electron chi connectivity index (χ2n) is 4.17. The van der Waals surface area contributed by atoms with Crippen LogP contribution in [0.1, 0.15) is 18.5 Å². The molecule has 98 valence electrons. The summed E-state index contributed by atoms with van der Waals surface area (Å²) >= 11 is 1.51. The van der Waals surface area contributed by atoms with E-state index in [1.54, 1.807) is 12.4 Å². The molecule has 0 unspecified atom stereocenters. The van der Waals surface area contributed by atoms with E-state index in [0.29, 0.717) is 5.75 Å². The number of thioether (sulfide) groups is 1. The van der Waals surface area contributed by atoms with Gasteiger partial charge in [0.05, 0.1) is 11.8 Å². The highest BCUT2D eigenvalue weighted by Crippen LogP contribution is 2.17. The molecular weight excluding hydrogens is 256 g/mol. The zero-order chi connectivity index (χ0) is 13.5.